The number of carbonyl (C=O) groups excluding carboxylic acids is 1. The maximum atomic E-state index is 13.2. The van der Waals surface area contributed by atoms with Crippen LogP contribution in [0.4, 0.5) is 5.69 Å². The van der Waals surface area contributed by atoms with Crippen LogP contribution in [0.2, 0.25) is 0 Å². The normalized spacial score (nSPS) is 29.3. The summed E-state index contributed by atoms with van der Waals surface area (Å²) in [4.78, 5) is 22.1. The third-order valence-electron chi connectivity index (χ3n) is 5.72. The van der Waals surface area contributed by atoms with Crippen molar-refractivity contribution in [1.29, 1.82) is 0 Å². The molecule has 2 fully saturated rings. The van der Waals surface area contributed by atoms with Crippen molar-refractivity contribution in [2.75, 3.05) is 32.0 Å². The number of carbonyl (C=O) groups is 1. The highest BCUT2D eigenvalue weighted by Gasteiger charge is 2.52. The predicted molar refractivity (Wildman–Crippen MR) is 92.3 cm³/mol. The van der Waals surface area contributed by atoms with Crippen LogP contribution >= 0.6 is 0 Å². The summed E-state index contributed by atoms with van der Waals surface area (Å²) in [6.45, 7) is 7.57. The summed E-state index contributed by atoms with van der Waals surface area (Å²) in [5.41, 5.74) is 0.527. The van der Waals surface area contributed by atoms with Crippen molar-refractivity contribution in [1.82, 2.24) is 14.8 Å². The molecule has 0 aliphatic carbocycles. The molecule has 1 amide bonds. The average molecular weight is 316 g/mol. The lowest BCUT2D eigenvalue weighted by Gasteiger charge is -2.34. The van der Waals surface area contributed by atoms with E-state index in [1.54, 1.807) is 12.4 Å². The molecule has 1 aromatic rings. The molecular weight excluding hydrogens is 288 g/mol. The summed E-state index contributed by atoms with van der Waals surface area (Å²) in [5.74, 6) is 0.172. The lowest BCUT2D eigenvalue weighted by Crippen LogP contribution is -2.46. The zero-order valence-electron chi connectivity index (χ0n) is 14.5. The zero-order valence-corrected chi connectivity index (χ0v) is 14.5. The van der Waals surface area contributed by atoms with E-state index in [0.29, 0.717) is 12.1 Å². The first-order chi connectivity index (χ1) is 11.0. The number of nitrogens with one attached hydrogen (secondary N) is 1. The van der Waals surface area contributed by atoms with E-state index in [9.17, 15) is 4.79 Å². The molecule has 1 N–H and O–H groups in total. The highest BCUT2D eigenvalue weighted by Crippen LogP contribution is 2.44. The monoisotopic (exact) mass is 316 g/mol. The number of rotatable bonds is 3. The molecule has 5 heteroatoms. The fraction of sp³-hybridized carbons (Fsp3) is 0.667. The van der Waals surface area contributed by atoms with Crippen LogP contribution in [0.25, 0.3) is 0 Å². The van der Waals surface area contributed by atoms with E-state index < -0.39 is 0 Å². The Morgan fingerprint density at radius 2 is 2.13 bits per heavy atom. The quantitative estimate of drug-likeness (QED) is 0.929. The highest BCUT2D eigenvalue weighted by atomic mass is 16.2. The molecule has 3 rings (SSSR count). The minimum absolute atomic E-state index is 0.172. The van der Waals surface area contributed by atoms with Crippen molar-refractivity contribution in [2.24, 2.45) is 5.41 Å². The van der Waals surface area contributed by atoms with Gasteiger partial charge in [-0.3, -0.25) is 9.78 Å². The van der Waals surface area contributed by atoms with Gasteiger partial charge in [0, 0.05) is 18.3 Å². The Morgan fingerprint density at radius 3 is 2.83 bits per heavy atom. The first kappa shape index (κ1) is 16.4. The van der Waals surface area contributed by atoms with Crippen molar-refractivity contribution < 1.29 is 4.79 Å². The lowest BCUT2D eigenvalue weighted by atomic mass is 9.75. The Balaban J connectivity index is 1.82. The Bertz CT molecular complexity index is 547. The second-order valence-corrected chi connectivity index (χ2v) is 7.27. The Labute approximate surface area is 139 Å². The van der Waals surface area contributed by atoms with Gasteiger partial charge in [0.25, 0.3) is 0 Å². The number of hydrogen-bond acceptors (Lipinski definition) is 4. The maximum Gasteiger partial charge on any atom is 0.232 e. The molecule has 0 aromatic carbocycles. The van der Waals surface area contributed by atoms with E-state index in [2.05, 4.69) is 41.0 Å². The second kappa shape index (κ2) is 6.57. The maximum absolute atomic E-state index is 13.2. The van der Waals surface area contributed by atoms with Crippen molar-refractivity contribution in [2.45, 2.75) is 45.2 Å². The van der Waals surface area contributed by atoms with Gasteiger partial charge in [-0.05, 0) is 71.9 Å². The van der Waals surface area contributed by atoms with Gasteiger partial charge in [-0.1, -0.05) is 0 Å². The van der Waals surface area contributed by atoms with E-state index in [-0.39, 0.29) is 11.3 Å². The Morgan fingerprint density at radius 1 is 1.35 bits per heavy atom. The Hall–Kier alpha value is -1.46. The number of pyridine rings is 1. The van der Waals surface area contributed by atoms with Crippen LogP contribution in [-0.4, -0.2) is 59.5 Å². The van der Waals surface area contributed by atoms with E-state index >= 15 is 0 Å². The molecule has 5 nitrogen and oxygen atoms in total. The number of anilines is 1. The number of amides is 1. The van der Waals surface area contributed by atoms with Crippen molar-refractivity contribution in [3.05, 3.63) is 24.5 Å². The van der Waals surface area contributed by atoms with Gasteiger partial charge in [0.05, 0.1) is 17.3 Å². The summed E-state index contributed by atoms with van der Waals surface area (Å²) in [7, 11) is 2.16. The van der Waals surface area contributed by atoms with Gasteiger partial charge in [-0.25, -0.2) is 0 Å². The fourth-order valence-corrected chi connectivity index (χ4v) is 4.24. The van der Waals surface area contributed by atoms with Gasteiger partial charge in [0.15, 0.2) is 0 Å². The van der Waals surface area contributed by atoms with Crippen molar-refractivity contribution in [3.8, 4) is 0 Å². The first-order valence-corrected chi connectivity index (χ1v) is 8.69. The summed E-state index contributed by atoms with van der Waals surface area (Å²) >= 11 is 0. The fourth-order valence-electron chi connectivity index (χ4n) is 4.24. The largest absolute Gasteiger partial charge is 0.324 e. The van der Waals surface area contributed by atoms with Crippen LogP contribution in [0.5, 0.6) is 0 Å². The van der Waals surface area contributed by atoms with Gasteiger partial charge >= 0.3 is 0 Å². The predicted octanol–water partition coefficient (Wildman–Crippen LogP) is 2.21. The number of likely N-dealkylation sites (tertiary alicyclic amines) is 2. The first-order valence-electron chi connectivity index (χ1n) is 8.69. The summed E-state index contributed by atoms with van der Waals surface area (Å²) < 4.78 is 0. The molecule has 3 heterocycles. The van der Waals surface area contributed by atoms with Crippen molar-refractivity contribution >= 4 is 11.6 Å². The molecule has 0 unspecified atom stereocenters. The minimum Gasteiger partial charge on any atom is -0.324 e. The average Bonchev–Trinajstić information content (AvgIpc) is 2.74. The third kappa shape index (κ3) is 3.12. The van der Waals surface area contributed by atoms with Crippen LogP contribution in [-0.2, 0) is 4.79 Å². The molecule has 0 spiro atoms. The van der Waals surface area contributed by atoms with Gasteiger partial charge < -0.3 is 15.1 Å². The molecule has 0 bridgehead atoms. The van der Waals surface area contributed by atoms with E-state index in [0.717, 1.165) is 44.6 Å². The molecule has 0 saturated carbocycles. The van der Waals surface area contributed by atoms with Crippen LogP contribution in [0.15, 0.2) is 24.5 Å². The van der Waals surface area contributed by atoms with Crippen LogP contribution in [0, 0.1) is 5.41 Å². The number of nitrogens with zero attached hydrogens (tertiary/aromatic N) is 3. The SMILES string of the molecule is CC(C)N1CC[C@H]2N(C)CC[C@@]2(C(=O)Nc2cccnc2)CC1. The topological polar surface area (TPSA) is 48.5 Å². The van der Waals surface area contributed by atoms with Crippen LogP contribution in [0.3, 0.4) is 0 Å². The number of fused-ring (bicyclic) bond motifs is 1. The van der Waals surface area contributed by atoms with Crippen LogP contribution in [0.1, 0.15) is 33.1 Å². The molecule has 126 valence electrons. The van der Waals surface area contributed by atoms with E-state index in [1.807, 2.05) is 12.1 Å². The molecule has 0 radical (unpaired) electrons. The van der Waals surface area contributed by atoms with Crippen LogP contribution < -0.4 is 5.32 Å². The molecule has 1 aromatic heterocycles. The van der Waals surface area contributed by atoms with E-state index in [4.69, 9.17) is 0 Å². The molecule has 23 heavy (non-hydrogen) atoms. The lowest BCUT2D eigenvalue weighted by molar-refractivity contribution is -0.127. The summed E-state index contributed by atoms with van der Waals surface area (Å²) in [5, 5.41) is 3.12. The highest BCUT2D eigenvalue weighted by molar-refractivity contribution is 5.96. The minimum atomic E-state index is -0.270. The van der Waals surface area contributed by atoms with Gasteiger partial charge in [0.2, 0.25) is 5.91 Å². The molecule has 2 aliphatic rings. The van der Waals surface area contributed by atoms with Gasteiger partial charge in [-0.15, -0.1) is 0 Å². The number of aromatic nitrogens is 1. The second-order valence-electron chi connectivity index (χ2n) is 7.27. The molecule has 2 saturated heterocycles. The van der Waals surface area contributed by atoms with Gasteiger partial charge in [0.1, 0.15) is 0 Å². The third-order valence-corrected chi connectivity index (χ3v) is 5.72. The Kier molecular flexibility index (Phi) is 4.69. The molecular formula is C18H28N4O. The zero-order chi connectivity index (χ0) is 16.4. The summed E-state index contributed by atoms with van der Waals surface area (Å²) in [6.07, 6.45) is 6.40. The molecule has 2 aliphatic heterocycles. The standard InChI is InChI=1S/C18H28N4O/c1-14(2)22-10-6-16-18(8-12-22,7-11-21(16)3)17(23)20-15-5-4-9-19-13-15/h4-5,9,13-14,16H,6-8,10-12H2,1-3H3,(H,20,23)/t16-,18-/m1/s1. The number of hydrogen-bond donors (Lipinski definition) is 1. The van der Waals surface area contributed by atoms with Gasteiger partial charge in [-0.2, -0.15) is 0 Å². The molecule has 2 atom stereocenters. The smallest absolute Gasteiger partial charge is 0.232 e. The summed E-state index contributed by atoms with van der Waals surface area (Å²) in [6, 6.07) is 4.64. The van der Waals surface area contributed by atoms with E-state index in [1.165, 1.54) is 0 Å². The van der Waals surface area contributed by atoms with Crippen molar-refractivity contribution in [3.63, 3.8) is 0 Å².